The van der Waals surface area contributed by atoms with E-state index in [9.17, 15) is 23.8 Å². The molecule has 0 saturated heterocycles. The average Bonchev–Trinajstić information content (AvgIpc) is 2.49. The Hall–Kier alpha value is 0.480. The Bertz CT molecular complexity index is 644. The van der Waals surface area contributed by atoms with Gasteiger partial charge in [-0.2, -0.15) is 0 Å². The molecule has 28 heavy (non-hydrogen) atoms. The number of hydrogen-bond donors (Lipinski definition) is 4. The van der Waals surface area contributed by atoms with Gasteiger partial charge < -0.3 is 20.6 Å². The molecule has 10 heteroatoms. The third kappa shape index (κ3) is 14.5. The normalized spacial score (nSPS) is 16.1. The minimum absolute atomic E-state index is 0. The first-order chi connectivity index (χ1) is 12.4. The van der Waals surface area contributed by atoms with Crippen LogP contribution in [0.3, 0.4) is 0 Å². The van der Waals surface area contributed by atoms with Crippen molar-refractivity contribution in [2.24, 2.45) is 0 Å². The zero-order valence-electron chi connectivity index (χ0n) is 19.0. The van der Waals surface area contributed by atoms with Gasteiger partial charge in [0.2, 0.25) is 5.52 Å². The number of allylic oxidation sites excluding steroid dienone is 5. The maximum atomic E-state index is 12.0. The standard InChI is InChI=1S/C18H35NO6P2.Na.H/c1-6-25-27(23,24)18(26(20,21)22)19-14-13-17(5)12-8-11-16(4)10-7-9-15(2)3;;/h9,11,13,18-19H,6-8,10,12,14H2,1-5H3,(H,23,24)(H2,20,21,22);;/q;+1;-1/b16-11+,17-13+;;. The first kappa shape index (κ1) is 30.7. The molecule has 0 heterocycles. The fraction of sp³-hybridized carbons (Fsp3) is 0.667. The van der Waals surface area contributed by atoms with Crippen LogP contribution in [0.4, 0.5) is 0 Å². The van der Waals surface area contributed by atoms with E-state index in [2.05, 4.69) is 42.8 Å². The van der Waals surface area contributed by atoms with E-state index >= 15 is 0 Å². The van der Waals surface area contributed by atoms with E-state index in [0.29, 0.717) is 0 Å². The zero-order chi connectivity index (χ0) is 21.1. The Morgan fingerprint density at radius 1 is 1.00 bits per heavy atom. The van der Waals surface area contributed by atoms with Crippen molar-refractivity contribution in [3.8, 4) is 0 Å². The van der Waals surface area contributed by atoms with Crippen molar-refractivity contribution in [3.05, 3.63) is 34.9 Å². The smallest absolute Gasteiger partial charge is 1.00 e. The summed E-state index contributed by atoms with van der Waals surface area (Å²) in [6, 6.07) is 0. The molecular formula is C18H36NNaO6P2. The average molecular weight is 447 g/mol. The zero-order valence-corrected chi connectivity index (χ0v) is 21.8. The second-order valence-corrected chi connectivity index (χ2v) is 10.8. The number of hydrogen-bond acceptors (Lipinski definition) is 4. The van der Waals surface area contributed by atoms with Crippen molar-refractivity contribution in [2.45, 2.75) is 65.8 Å². The van der Waals surface area contributed by atoms with Gasteiger partial charge in [0, 0.05) is 6.54 Å². The summed E-state index contributed by atoms with van der Waals surface area (Å²) in [6.45, 7) is 9.64. The third-order valence-electron chi connectivity index (χ3n) is 3.82. The molecule has 0 amide bonds. The summed E-state index contributed by atoms with van der Waals surface area (Å²) in [6.07, 6.45) is 9.93. The monoisotopic (exact) mass is 447 g/mol. The molecule has 0 aromatic carbocycles. The molecule has 4 N–H and O–H groups in total. The van der Waals surface area contributed by atoms with Gasteiger partial charge in [0.25, 0.3) is 0 Å². The van der Waals surface area contributed by atoms with Gasteiger partial charge in [0.1, 0.15) is 0 Å². The predicted octanol–water partition coefficient (Wildman–Crippen LogP) is 1.79. The molecule has 0 bridgehead atoms. The fourth-order valence-corrected chi connectivity index (χ4v) is 5.27. The quantitative estimate of drug-likeness (QED) is 0.193. The van der Waals surface area contributed by atoms with Crippen LogP contribution in [-0.4, -0.2) is 33.4 Å². The van der Waals surface area contributed by atoms with E-state index in [0.717, 1.165) is 31.3 Å². The van der Waals surface area contributed by atoms with Crippen molar-refractivity contribution in [1.29, 1.82) is 0 Å². The molecule has 0 aliphatic heterocycles. The summed E-state index contributed by atoms with van der Waals surface area (Å²) in [5, 5.41) is 2.45. The molecule has 2 atom stereocenters. The van der Waals surface area contributed by atoms with Crippen molar-refractivity contribution in [2.75, 3.05) is 13.2 Å². The van der Waals surface area contributed by atoms with E-state index in [4.69, 9.17) is 0 Å². The summed E-state index contributed by atoms with van der Waals surface area (Å²) >= 11 is 0. The molecule has 0 spiro atoms. The summed E-state index contributed by atoms with van der Waals surface area (Å²) < 4.78 is 28.1. The molecule has 0 radical (unpaired) electrons. The maximum absolute atomic E-state index is 12.0. The van der Waals surface area contributed by atoms with Crippen LogP contribution in [-0.2, 0) is 13.7 Å². The van der Waals surface area contributed by atoms with Crippen LogP contribution in [0.25, 0.3) is 0 Å². The molecule has 7 nitrogen and oxygen atoms in total. The van der Waals surface area contributed by atoms with Gasteiger partial charge in [-0.15, -0.1) is 0 Å². The van der Waals surface area contributed by atoms with Crippen LogP contribution in [0.1, 0.15) is 61.7 Å². The van der Waals surface area contributed by atoms with Gasteiger partial charge in [0.05, 0.1) is 6.61 Å². The topological polar surface area (TPSA) is 116 Å². The first-order valence-electron chi connectivity index (χ1n) is 9.10. The predicted molar refractivity (Wildman–Crippen MR) is 112 cm³/mol. The van der Waals surface area contributed by atoms with Crippen molar-refractivity contribution in [1.82, 2.24) is 5.32 Å². The van der Waals surface area contributed by atoms with Crippen molar-refractivity contribution < 1.29 is 59.3 Å². The molecule has 0 saturated carbocycles. The summed E-state index contributed by atoms with van der Waals surface area (Å²) in [5.41, 5.74) is 1.76. The van der Waals surface area contributed by atoms with Crippen LogP contribution in [0.2, 0.25) is 0 Å². The van der Waals surface area contributed by atoms with Gasteiger partial charge in [-0.25, -0.2) is 0 Å². The Morgan fingerprint density at radius 3 is 1.96 bits per heavy atom. The largest absolute Gasteiger partial charge is 1.00 e. The van der Waals surface area contributed by atoms with E-state index in [1.807, 2.05) is 6.92 Å². The van der Waals surface area contributed by atoms with Crippen LogP contribution in [0, 0.1) is 0 Å². The second-order valence-electron chi connectivity index (χ2n) is 6.81. The summed E-state index contributed by atoms with van der Waals surface area (Å²) in [5.74, 6) is 0. The fourth-order valence-electron chi connectivity index (χ4n) is 2.36. The van der Waals surface area contributed by atoms with Gasteiger partial charge in [-0.05, 0) is 60.3 Å². The van der Waals surface area contributed by atoms with Crippen LogP contribution in [0.5, 0.6) is 0 Å². The third-order valence-corrected chi connectivity index (χ3v) is 7.84. The van der Waals surface area contributed by atoms with Gasteiger partial charge in [-0.1, -0.05) is 34.9 Å². The van der Waals surface area contributed by atoms with E-state index in [-0.39, 0.29) is 44.1 Å². The minimum Gasteiger partial charge on any atom is -1.00 e. The minimum atomic E-state index is -4.83. The van der Waals surface area contributed by atoms with Crippen LogP contribution < -0.4 is 34.9 Å². The molecule has 2 unspecified atom stereocenters. The summed E-state index contributed by atoms with van der Waals surface area (Å²) in [7, 11) is -9.29. The first-order valence-corrected chi connectivity index (χ1v) is 12.4. The van der Waals surface area contributed by atoms with Gasteiger partial charge >= 0.3 is 44.7 Å². The molecule has 0 aromatic rings. The van der Waals surface area contributed by atoms with Gasteiger partial charge in [-0.3, -0.25) is 14.4 Å². The Kier molecular flexibility index (Phi) is 16.8. The van der Waals surface area contributed by atoms with E-state index in [1.54, 1.807) is 6.08 Å². The van der Waals surface area contributed by atoms with Gasteiger partial charge in [0.15, 0.2) is 0 Å². The molecule has 0 aromatic heterocycles. The Balaban J connectivity index is -0.00000338. The maximum Gasteiger partial charge on any atom is 1.00 e. The van der Waals surface area contributed by atoms with Crippen LogP contribution in [0.15, 0.2) is 34.9 Å². The molecule has 0 rings (SSSR count). The number of nitrogens with one attached hydrogen (secondary N) is 1. The second kappa shape index (κ2) is 15.3. The molecule has 0 aliphatic rings. The van der Waals surface area contributed by atoms with Crippen molar-refractivity contribution >= 4 is 15.2 Å². The SMILES string of the molecule is CCOP(=O)(O)C(NC/C=C(\C)CC/C=C(\C)CCC=C(C)C)P(=O)(O)O.[H-].[Na+]. The summed E-state index contributed by atoms with van der Waals surface area (Å²) in [4.78, 5) is 28.4. The molecular weight excluding hydrogens is 411 g/mol. The van der Waals surface area contributed by atoms with E-state index in [1.165, 1.54) is 18.1 Å². The number of rotatable bonds is 13. The van der Waals surface area contributed by atoms with E-state index < -0.39 is 20.7 Å². The Labute approximate surface area is 193 Å². The molecule has 0 aliphatic carbocycles. The van der Waals surface area contributed by atoms with Crippen LogP contribution >= 0.6 is 15.2 Å². The molecule has 160 valence electrons. The van der Waals surface area contributed by atoms with Crippen molar-refractivity contribution in [3.63, 3.8) is 0 Å². The molecule has 0 fully saturated rings. The Morgan fingerprint density at radius 2 is 1.50 bits per heavy atom.